The van der Waals surface area contributed by atoms with Crippen molar-refractivity contribution in [3.05, 3.63) is 169 Å². The minimum atomic E-state index is 0.677. The van der Waals surface area contributed by atoms with Crippen LogP contribution in [0.4, 0.5) is 0 Å². The van der Waals surface area contributed by atoms with E-state index in [9.17, 15) is 0 Å². The number of benzene rings is 8. The van der Waals surface area contributed by atoms with E-state index in [0.29, 0.717) is 17.8 Å². The summed E-state index contributed by atoms with van der Waals surface area (Å²) in [5.74, 6) is 0.677. The molecule has 0 spiro atoms. The van der Waals surface area contributed by atoms with E-state index in [1.54, 1.807) is 0 Å². The highest BCUT2D eigenvalue weighted by Gasteiger charge is 2.22. The van der Waals surface area contributed by atoms with Gasteiger partial charge in [0.1, 0.15) is 28.0 Å². The lowest BCUT2D eigenvalue weighted by molar-refractivity contribution is 0.667. The summed E-state index contributed by atoms with van der Waals surface area (Å²) < 4.78 is 12.9. The highest BCUT2D eigenvalue weighted by atomic mass is 16.3. The van der Waals surface area contributed by atoms with E-state index < -0.39 is 0 Å². The fourth-order valence-electron chi connectivity index (χ4n) is 8.05. The predicted molar refractivity (Wildman–Crippen MR) is 208 cm³/mol. The van der Waals surface area contributed by atoms with Crippen molar-refractivity contribution >= 4 is 65.6 Å². The molecule has 0 amide bonds. The van der Waals surface area contributed by atoms with E-state index in [-0.39, 0.29) is 0 Å². The van der Waals surface area contributed by atoms with Crippen LogP contribution in [0.5, 0.6) is 0 Å². The lowest BCUT2D eigenvalue weighted by Crippen LogP contribution is -1.99. The average Bonchev–Trinajstić information content (AvgIpc) is 3.77. The number of para-hydroxylation sites is 1. The standard InChI is InChI=1S/C47H28N2O2/c1-2-12-28(13-3-1)29-15-10-16-32(26-29)44-46-45(37-20-8-9-22-38(37)51-46)49-47(48-44)33-17-5-4-14-30(33)27-31-24-25-40-43-41(31)35-19-7-6-18-34(35)36-21-11-23-39(50-40)42(36)43/h1-26H,27H2. The van der Waals surface area contributed by atoms with Crippen molar-refractivity contribution < 1.29 is 8.83 Å². The normalized spacial score (nSPS) is 12.0. The first-order valence-corrected chi connectivity index (χ1v) is 17.3. The molecule has 238 valence electrons. The Bertz CT molecular complexity index is 3120. The number of fused-ring (bicyclic) bond motifs is 6. The number of nitrogens with zero attached hydrogens (tertiary/aromatic N) is 2. The molecule has 51 heavy (non-hydrogen) atoms. The number of rotatable bonds is 5. The molecule has 3 heterocycles. The lowest BCUT2D eigenvalue weighted by atomic mass is 9.89. The van der Waals surface area contributed by atoms with Gasteiger partial charge in [-0.1, -0.05) is 127 Å². The van der Waals surface area contributed by atoms with Crippen LogP contribution in [0.1, 0.15) is 11.1 Å². The van der Waals surface area contributed by atoms with Crippen LogP contribution in [-0.4, -0.2) is 9.97 Å². The van der Waals surface area contributed by atoms with Crippen LogP contribution in [0.25, 0.3) is 99.3 Å². The fourth-order valence-corrected chi connectivity index (χ4v) is 8.05. The summed E-state index contributed by atoms with van der Waals surface area (Å²) in [6.45, 7) is 0. The van der Waals surface area contributed by atoms with Crippen molar-refractivity contribution in [1.29, 1.82) is 0 Å². The van der Waals surface area contributed by atoms with E-state index in [1.165, 1.54) is 37.9 Å². The van der Waals surface area contributed by atoms with Gasteiger partial charge in [0.25, 0.3) is 0 Å². The highest BCUT2D eigenvalue weighted by Crippen LogP contribution is 2.44. The topological polar surface area (TPSA) is 52.1 Å². The van der Waals surface area contributed by atoms with Crippen LogP contribution in [-0.2, 0) is 6.42 Å². The van der Waals surface area contributed by atoms with Crippen molar-refractivity contribution in [2.45, 2.75) is 6.42 Å². The lowest BCUT2D eigenvalue weighted by Gasteiger charge is -2.14. The van der Waals surface area contributed by atoms with Crippen molar-refractivity contribution in [3.8, 4) is 33.8 Å². The van der Waals surface area contributed by atoms with E-state index in [1.807, 2.05) is 24.3 Å². The molecule has 0 fully saturated rings. The molecule has 0 unspecified atom stereocenters. The second kappa shape index (κ2) is 10.9. The van der Waals surface area contributed by atoms with Crippen LogP contribution < -0.4 is 0 Å². The maximum absolute atomic E-state index is 6.50. The Labute approximate surface area is 292 Å². The molecule has 0 atom stereocenters. The number of hydrogen-bond acceptors (Lipinski definition) is 4. The Morgan fingerprint density at radius 3 is 2.00 bits per heavy atom. The van der Waals surface area contributed by atoms with Crippen LogP contribution in [0.3, 0.4) is 0 Å². The Morgan fingerprint density at radius 2 is 1.08 bits per heavy atom. The molecule has 0 aliphatic heterocycles. The average molecular weight is 653 g/mol. The zero-order chi connectivity index (χ0) is 33.5. The number of hydrogen-bond donors (Lipinski definition) is 0. The summed E-state index contributed by atoms with van der Waals surface area (Å²) in [4.78, 5) is 10.6. The van der Waals surface area contributed by atoms with Gasteiger partial charge in [-0.05, 0) is 80.6 Å². The zero-order valence-electron chi connectivity index (χ0n) is 27.4. The summed E-state index contributed by atoms with van der Waals surface area (Å²) in [7, 11) is 0. The maximum Gasteiger partial charge on any atom is 0.180 e. The SMILES string of the molecule is c1ccc(-c2cccc(-c3nc(-c4ccccc4Cc4ccc5oc6cccc7c8ccccc8c4c5c67)nc4c3oc3ccccc34)c2)cc1. The van der Waals surface area contributed by atoms with Crippen molar-refractivity contribution in [1.82, 2.24) is 9.97 Å². The first-order valence-electron chi connectivity index (χ1n) is 17.3. The molecule has 0 N–H and O–H groups in total. The molecule has 4 nitrogen and oxygen atoms in total. The Kier molecular flexibility index (Phi) is 5.98. The Morgan fingerprint density at radius 1 is 0.412 bits per heavy atom. The maximum atomic E-state index is 6.50. The molecule has 0 aliphatic carbocycles. The molecule has 3 aromatic heterocycles. The molecule has 0 radical (unpaired) electrons. The summed E-state index contributed by atoms with van der Waals surface area (Å²) in [6, 6.07) is 55.1. The molecule has 8 aromatic carbocycles. The van der Waals surface area contributed by atoms with Gasteiger partial charge in [-0.3, -0.25) is 0 Å². The smallest absolute Gasteiger partial charge is 0.180 e. The molecule has 11 aromatic rings. The number of furan rings is 2. The van der Waals surface area contributed by atoms with Gasteiger partial charge >= 0.3 is 0 Å². The van der Waals surface area contributed by atoms with Gasteiger partial charge in [0.2, 0.25) is 0 Å². The molecular formula is C47H28N2O2. The Balaban J connectivity index is 1.13. The molecule has 0 saturated carbocycles. The van der Waals surface area contributed by atoms with Crippen LogP contribution in [0.15, 0.2) is 167 Å². The summed E-state index contributed by atoms with van der Waals surface area (Å²) in [5, 5.41) is 8.30. The highest BCUT2D eigenvalue weighted by molar-refractivity contribution is 6.33. The summed E-state index contributed by atoms with van der Waals surface area (Å²) >= 11 is 0. The summed E-state index contributed by atoms with van der Waals surface area (Å²) in [5.41, 5.74) is 11.6. The van der Waals surface area contributed by atoms with Crippen molar-refractivity contribution in [2.24, 2.45) is 0 Å². The van der Waals surface area contributed by atoms with Gasteiger partial charge in [-0.2, -0.15) is 0 Å². The quantitative estimate of drug-likeness (QED) is 0.174. The van der Waals surface area contributed by atoms with E-state index >= 15 is 0 Å². The minimum absolute atomic E-state index is 0.677. The third kappa shape index (κ3) is 4.26. The second-order valence-electron chi connectivity index (χ2n) is 13.3. The van der Waals surface area contributed by atoms with Crippen molar-refractivity contribution in [2.75, 3.05) is 0 Å². The molecule has 4 heteroatoms. The largest absolute Gasteiger partial charge is 0.456 e. The third-order valence-corrected chi connectivity index (χ3v) is 10.3. The third-order valence-electron chi connectivity index (χ3n) is 10.3. The van der Waals surface area contributed by atoms with Crippen LogP contribution >= 0.6 is 0 Å². The van der Waals surface area contributed by atoms with Gasteiger partial charge in [0.05, 0.1) is 0 Å². The van der Waals surface area contributed by atoms with Crippen LogP contribution in [0.2, 0.25) is 0 Å². The molecule has 0 bridgehead atoms. The van der Waals surface area contributed by atoms with Gasteiger partial charge in [-0.15, -0.1) is 0 Å². The molecule has 0 aliphatic rings. The molecule has 0 saturated heterocycles. The summed E-state index contributed by atoms with van der Waals surface area (Å²) in [6.07, 6.45) is 0.705. The van der Waals surface area contributed by atoms with Crippen molar-refractivity contribution in [3.63, 3.8) is 0 Å². The van der Waals surface area contributed by atoms with Gasteiger partial charge in [-0.25, -0.2) is 9.97 Å². The van der Waals surface area contributed by atoms with E-state index in [2.05, 4.69) is 133 Å². The number of aromatic nitrogens is 2. The zero-order valence-corrected chi connectivity index (χ0v) is 27.4. The van der Waals surface area contributed by atoms with Crippen LogP contribution in [0, 0.1) is 0 Å². The van der Waals surface area contributed by atoms with E-state index in [0.717, 1.165) is 61.2 Å². The molecule has 11 rings (SSSR count). The first-order chi connectivity index (χ1) is 25.3. The Hall–Kier alpha value is -6.78. The van der Waals surface area contributed by atoms with Gasteiger partial charge in [0, 0.05) is 27.3 Å². The fraction of sp³-hybridized carbons (Fsp3) is 0.0213. The van der Waals surface area contributed by atoms with Gasteiger partial charge < -0.3 is 8.83 Å². The van der Waals surface area contributed by atoms with Gasteiger partial charge in [0.15, 0.2) is 11.4 Å². The second-order valence-corrected chi connectivity index (χ2v) is 13.3. The molecular weight excluding hydrogens is 625 g/mol. The van der Waals surface area contributed by atoms with E-state index in [4.69, 9.17) is 18.8 Å². The minimum Gasteiger partial charge on any atom is -0.456 e. The monoisotopic (exact) mass is 652 g/mol. The first kappa shape index (κ1) is 28.1. The predicted octanol–water partition coefficient (Wildman–Crippen LogP) is 12.6.